The number of carbonyl (C=O) groups excluding carboxylic acids is 1. The number of morpholine rings is 1. The molecule has 1 aliphatic heterocycles. The summed E-state index contributed by atoms with van der Waals surface area (Å²) in [5.74, 6) is 1.26. The molecule has 0 N–H and O–H groups in total. The third-order valence-electron chi connectivity index (χ3n) is 4.38. The first kappa shape index (κ1) is 18.2. The van der Waals surface area contributed by atoms with Crippen molar-refractivity contribution in [1.29, 1.82) is 0 Å². The van der Waals surface area contributed by atoms with E-state index in [1.54, 1.807) is 0 Å². The topological polar surface area (TPSA) is 29.5 Å². The molecule has 21 heavy (non-hydrogen) atoms. The predicted molar refractivity (Wildman–Crippen MR) is 88.2 cm³/mol. The summed E-state index contributed by atoms with van der Waals surface area (Å²) in [6.45, 7) is 9.42. The summed E-state index contributed by atoms with van der Waals surface area (Å²) in [7, 11) is 0. The van der Waals surface area contributed by atoms with Crippen LogP contribution in [0.3, 0.4) is 0 Å². The molecule has 0 saturated carbocycles. The normalized spacial score (nSPS) is 18.9. The van der Waals surface area contributed by atoms with Gasteiger partial charge in [-0.2, -0.15) is 0 Å². The van der Waals surface area contributed by atoms with Crippen LogP contribution in [-0.2, 0) is 9.53 Å². The molecule has 122 valence electrons. The van der Waals surface area contributed by atoms with Crippen LogP contribution in [0.2, 0.25) is 0 Å². The zero-order valence-corrected chi connectivity index (χ0v) is 14.1. The number of allylic oxidation sites excluding steroid dienone is 2. The molecule has 3 heteroatoms. The number of hydrogen-bond acceptors (Lipinski definition) is 2. The minimum absolute atomic E-state index is 0.165. The molecular formula is C18H33NO2. The number of carbonyl (C=O) groups is 1. The SMILES string of the molecule is CC=CCCCC(C)CCCC(C)C(=O)N1CCOCC1. The molecule has 0 spiro atoms. The van der Waals surface area contributed by atoms with Crippen molar-refractivity contribution in [2.24, 2.45) is 11.8 Å². The van der Waals surface area contributed by atoms with Crippen LogP contribution in [0.5, 0.6) is 0 Å². The number of unbranched alkanes of at least 4 members (excludes halogenated alkanes) is 1. The van der Waals surface area contributed by atoms with Gasteiger partial charge in [0.15, 0.2) is 0 Å². The van der Waals surface area contributed by atoms with Crippen LogP contribution in [0.25, 0.3) is 0 Å². The quantitative estimate of drug-likeness (QED) is 0.475. The van der Waals surface area contributed by atoms with Crippen LogP contribution in [0.1, 0.15) is 59.3 Å². The summed E-state index contributed by atoms with van der Waals surface area (Å²) in [4.78, 5) is 14.2. The van der Waals surface area contributed by atoms with E-state index in [4.69, 9.17) is 4.74 Å². The van der Waals surface area contributed by atoms with E-state index in [2.05, 4.69) is 32.9 Å². The number of nitrogens with zero attached hydrogens (tertiary/aromatic N) is 1. The molecule has 0 radical (unpaired) electrons. The summed E-state index contributed by atoms with van der Waals surface area (Å²) < 4.78 is 5.30. The second-order valence-electron chi connectivity index (χ2n) is 6.37. The second kappa shape index (κ2) is 10.8. The molecule has 2 atom stereocenters. The molecule has 0 aromatic heterocycles. The zero-order chi connectivity index (χ0) is 15.5. The maximum Gasteiger partial charge on any atom is 0.225 e. The Balaban J connectivity index is 2.11. The Morgan fingerprint density at radius 2 is 1.81 bits per heavy atom. The van der Waals surface area contributed by atoms with Crippen LogP contribution in [0.4, 0.5) is 0 Å². The Kier molecular flexibility index (Phi) is 9.40. The third kappa shape index (κ3) is 7.66. The summed E-state index contributed by atoms with van der Waals surface area (Å²) in [5, 5.41) is 0. The first-order valence-corrected chi connectivity index (χ1v) is 8.62. The van der Waals surface area contributed by atoms with E-state index in [0.717, 1.165) is 25.4 Å². The van der Waals surface area contributed by atoms with Crippen LogP contribution in [0, 0.1) is 11.8 Å². The van der Waals surface area contributed by atoms with E-state index in [1.165, 1.54) is 32.1 Å². The zero-order valence-electron chi connectivity index (χ0n) is 14.1. The van der Waals surface area contributed by atoms with Gasteiger partial charge in [0.1, 0.15) is 0 Å². The lowest BCUT2D eigenvalue weighted by atomic mass is 9.94. The van der Waals surface area contributed by atoms with Gasteiger partial charge in [-0.3, -0.25) is 4.79 Å². The monoisotopic (exact) mass is 295 g/mol. The molecule has 1 rings (SSSR count). The molecule has 1 heterocycles. The van der Waals surface area contributed by atoms with Gasteiger partial charge >= 0.3 is 0 Å². The van der Waals surface area contributed by atoms with Gasteiger partial charge in [0.2, 0.25) is 5.91 Å². The fraction of sp³-hybridized carbons (Fsp3) is 0.833. The van der Waals surface area contributed by atoms with Crippen molar-refractivity contribution in [1.82, 2.24) is 4.90 Å². The Morgan fingerprint density at radius 3 is 2.48 bits per heavy atom. The van der Waals surface area contributed by atoms with Crippen molar-refractivity contribution in [2.45, 2.75) is 59.3 Å². The van der Waals surface area contributed by atoms with E-state index in [0.29, 0.717) is 19.1 Å². The van der Waals surface area contributed by atoms with E-state index in [9.17, 15) is 4.79 Å². The van der Waals surface area contributed by atoms with Gasteiger partial charge in [0.05, 0.1) is 13.2 Å². The van der Waals surface area contributed by atoms with E-state index in [-0.39, 0.29) is 5.92 Å². The Morgan fingerprint density at radius 1 is 1.14 bits per heavy atom. The van der Waals surface area contributed by atoms with Gasteiger partial charge < -0.3 is 9.64 Å². The van der Waals surface area contributed by atoms with Gasteiger partial charge in [0, 0.05) is 19.0 Å². The van der Waals surface area contributed by atoms with Gasteiger partial charge in [-0.1, -0.05) is 45.3 Å². The standard InChI is InChI=1S/C18H33NO2/c1-4-5-6-7-9-16(2)10-8-11-17(3)18(20)19-12-14-21-15-13-19/h4-5,16-17H,6-15H2,1-3H3. The highest BCUT2D eigenvalue weighted by atomic mass is 16.5. The lowest BCUT2D eigenvalue weighted by Gasteiger charge is -2.29. The molecule has 2 unspecified atom stereocenters. The highest BCUT2D eigenvalue weighted by Gasteiger charge is 2.22. The largest absolute Gasteiger partial charge is 0.378 e. The number of hydrogen-bond donors (Lipinski definition) is 0. The summed E-state index contributed by atoms with van der Waals surface area (Å²) in [6.07, 6.45) is 11.6. The number of rotatable bonds is 9. The van der Waals surface area contributed by atoms with Crippen molar-refractivity contribution in [3.63, 3.8) is 0 Å². The molecule has 1 amide bonds. The van der Waals surface area contributed by atoms with E-state index >= 15 is 0 Å². The second-order valence-corrected chi connectivity index (χ2v) is 6.37. The molecule has 1 fully saturated rings. The maximum atomic E-state index is 12.3. The molecule has 0 aliphatic carbocycles. The van der Waals surface area contributed by atoms with Crippen LogP contribution in [-0.4, -0.2) is 37.1 Å². The average molecular weight is 295 g/mol. The van der Waals surface area contributed by atoms with Crippen molar-refractivity contribution < 1.29 is 9.53 Å². The van der Waals surface area contributed by atoms with Gasteiger partial charge in [-0.05, 0) is 32.1 Å². The molecule has 3 nitrogen and oxygen atoms in total. The Hall–Kier alpha value is -0.830. The predicted octanol–water partition coefficient (Wildman–Crippen LogP) is 4.03. The molecular weight excluding hydrogens is 262 g/mol. The van der Waals surface area contributed by atoms with Gasteiger partial charge in [-0.15, -0.1) is 0 Å². The lowest BCUT2D eigenvalue weighted by Crippen LogP contribution is -2.43. The van der Waals surface area contributed by atoms with Gasteiger partial charge in [0.25, 0.3) is 0 Å². The smallest absolute Gasteiger partial charge is 0.225 e. The summed E-state index contributed by atoms with van der Waals surface area (Å²) in [6, 6.07) is 0. The summed E-state index contributed by atoms with van der Waals surface area (Å²) >= 11 is 0. The van der Waals surface area contributed by atoms with Crippen LogP contribution < -0.4 is 0 Å². The van der Waals surface area contributed by atoms with E-state index in [1.807, 2.05) is 4.90 Å². The minimum Gasteiger partial charge on any atom is -0.378 e. The van der Waals surface area contributed by atoms with Crippen molar-refractivity contribution in [2.75, 3.05) is 26.3 Å². The molecule has 1 aliphatic rings. The van der Waals surface area contributed by atoms with Crippen molar-refractivity contribution >= 4 is 5.91 Å². The van der Waals surface area contributed by atoms with Crippen LogP contribution >= 0.6 is 0 Å². The molecule has 1 saturated heterocycles. The Bertz CT molecular complexity index is 308. The fourth-order valence-electron chi connectivity index (χ4n) is 2.89. The molecule has 0 bridgehead atoms. The number of ether oxygens (including phenoxy) is 1. The third-order valence-corrected chi connectivity index (χ3v) is 4.38. The fourth-order valence-corrected chi connectivity index (χ4v) is 2.89. The first-order valence-electron chi connectivity index (χ1n) is 8.62. The van der Waals surface area contributed by atoms with E-state index < -0.39 is 0 Å². The van der Waals surface area contributed by atoms with Gasteiger partial charge in [-0.25, -0.2) is 0 Å². The molecule has 0 aromatic rings. The summed E-state index contributed by atoms with van der Waals surface area (Å²) in [5.41, 5.74) is 0. The molecule has 0 aromatic carbocycles. The van der Waals surface area contributed by atoms with Crippen LogP contribution in [0.15, 0.2) is 12.2 Å². The van der Waals surface area contributed by atoms with Crippen molar-refractivity contribution in [3.8, 4) is 0 Å². The van der Waals surface area contributed by atoms with Crippen molar-refractivity contribution in [3.05, 3.63) is 12.2 Å². The lowest BCUT2D eigenvalue weighted by molar-refractivity contribution is -0.139. The first-order chi connectivity index (χ1) is 10.1. The number of amides is 1. The maximum absolute atomic E-state index is 12.3. The minimum atomic E-state index is 0.165. The average Bonchev–Trinajstić information content (AvgIpc) is 2.51. The highest BCUT2D eigenvalue weighted by Crippen LogP contribution is 2.19. The Labute approximate surface area is 130 Å². The highest BCUT2D eigenvalue weighted by molar-refractivity contribution is 5.78.